The fraction of sp³-hybridized carbons (Fsp3) is 0.531. The predicted octanol–water partition coefficient (Wildman–Crippen LogP) is 5.41. The predicted molar refractivity (Wildman–Crippen MR) is 153 cm³/mol. The van der Waals surface area contributed by atoms with Crippen LogP contribution in [0.15, 0.2) is 46.9 Å². The second-order valence-electron chi connectivity index (χ2n) is 11.7. The van der Waals surface area contributed by atoms with Gasteiger partial charge in [0, 0.05) is 24.8 Å². The second-order valence-corrected chi connectivity index (χ2v) is 11.7. The van der Waals surface area contributed by atoms with E-state index < -0.39 is 5.41 Å². The highest BCUT2D eigenvalue weighted by atomic mass is 16.5. The highest BCUT2D eigenvalue weighted by Gasteiger charge is 2.44. The molecule has 0 unspecified atom stereocenters. The molecular formula is C32H42N4O4. The number of likely N-dealkylation sites (tertiary alicyclic amines) is 1. The molecule has 214 valence electrons. The molecule has 1 spiro atoms. The molecular weight excluding hydrogens is 504 g/mol. The first-order valence-corrected chi connectivity index (χ1v) is 14.7. The molecule has 2 aromatic heterocycles. The zero-order chi connectivity index (χ0) is 28.3. The summed E-state index contributed by atoms with van der Waals surface area (Å²) in [4.78, 5) is 31.3. The van der Waals surface area contributed by atoms with E-state index in [0.29, 0.717) is 57.1 Å². The van der Waals surface area contributed by atoms with Crippen molar-refractivity contribution in [3.8, 4) is 5.75 Å². The van der Waals surface area contributed by atoms with Gasteiger partial charge in [-0.2, -0.15) is 5.10 Å². The maximum absolute atomic E-state index is 14.1. The van der Waals surface area contributed by atoms with Gasteiger partial charge in [0.15, 0.2) is 5.76 Å². The van der Waals surface area contributed by atoms with Gasteiger partial charge >= 0.3 is 0 Å². The van der Waals surface area contributed by atoms with Crippen LogP contribution in [-0.2, 0) is 17.8 Å². The average Bonchev–Trinajstić information content (AvgIpc) is 3.53. The first-order chi connectivity index (χ1) is 19.3. The molecule has 0 aliphatic carbocycles. The Kier molecular flexibility index (Phi) is 8.33. The Morgan fingerprint density at radius 3 is 2.52 bits per heavy atom. The maximum Gasteiger partial charge on any atom is 0.289 e. The van der Waals surface area contributed by atoms with Gasteiger partial charge in [0.25, 0.3) is 5.91 Å². The number of amides is 2. The monoisotopic (exact) mass is 546 g/mol. The topological polar surface area (TPSA) is 80.8 Å². The number of para-hydroxylation sites is 1. The third-order valence-electron chi connectivity index (χ3n) is 8.54. The SMILES string of the molecule is Cc1cc(C)n(Cc2ccc(C(=O)N3CCC4(CCCCc5ccccc5OCCN(C(C)C)C4=O)CC3)o2)n1. The first kappa shape index (κ1) is 28.0. The number of nitrogens with zero attached hydrogens (tertiary/aromatic N) is 4. The van der Waals surface area contributed by atoms with Gasteiger partial charge in [0.1, 0.15) is 18.1 Å². The van der Waals surface area contributed by atoms with E-state index in [4.69, 9.17) is 9.15 Å². The van der Waals surface area contributed by atoms with Crippen LogP contribution in [0.4, 0.5) is 0 Å². The Balaban J connectivity index is 1.27. The Morgan fingerprint density at radius 2 is 1.80 bits per heavy atom. The van der Waals surface area contributed by atoms with Crippen molar-refractivity contribution in [1.82, 2.24) is 19.6 Å². The molecule has 8 heteroatoms. The molecule has 0 bridgehead atoms. The summed E-state index contributed by atoms with van der Waals surface area (Å²) >= 11 is 0. The molecule has 5 rings (SSSR count). The van der Waals surface area contributed by atoms with Crippen LogP contribution in [0.3, 0.4) is 0 Å². The van der Waals surface area contributed by atoms with E-state index in [9.17, 15) is 9.59 Å². The summed E-state index contributed by atoms with van der Waals surface area (Å²) in [7, 11) is 0. The van der Waals surface area contributed by atoms with Gasteiger partial charge in [-0.1, -0.05) is 24.6 Å². The number of hydrogen-bond donors (Lipinski definition) is 0. The van der Waals surface area contributed by atoms with Crippen molar-refractivity contribution in [3.63, 3.8) is 0 Å². The Morgan fingerprint density at radius 1 is 1.02 bits per heavy atom. The van der Waals surface area contributed by atoms with Gasteiger partial charge in [-0.15, -0.1) is 0 Å². The van der Waals surface area contributed by atoms with Gasteiger partial charge in [0.2, 0.25) is 5.91 Å². The van der Waals surface area contributed by atoms with Crippen molar-refractivity contribution < 1.29 is 18.7 Å². The number of ether oxygens (including phenoxy) is 1. The largest absolute Gasteiger partial charge is 0.491 e. The summed E-state index contributed by atoms with van der Waals surface area (Å²) in [5.74, 6) is 2.07. The van der Waals surface area contributed by atoms with Crippen LogP contribution < -0.4 is 4.74 Å². The lowest BCUT2D eigenvalue weighted by Crippen LogP contribution is -2.53. The second kappa shape index (κ2) is 11.9. The quantitative estimate of drug-likeness (QED) is 0.437. The molecule has 0 atom stereocenters. The van der Waals surface area contributed by atoms with E-state index in [1.54, 1.807) is 6.07 Å². The molecule has 0 radical (unpaired) electrons. The third-order valence-corrected chi connectivity index (χ3v) is 8.54. The molecule has 40 heavy (non-hydrogen) atoms. The number of furan rings is 1. The molecule has 1 saturated heterocycles. The number of piperidine rings is 1. The van der Waals surface area contributed by atoms with Crippen molar-refractivity contribution >= 4 is 11.8 Å². The number of rotatable bonds is 4. The molecule has 2 aliphatic rings. The zero-order valence-electron chi connectivity index (χ0n) is 24.3. The number of benzene rings is 1. The minimum Gasteiger partial charge on any atom is -0.491 e. The molecule has 8 nitrogen and oxygen atoms in total. The van der Waals surface area contributed by atoms with Gasteiger partial charge in [0.05, 0.1) is 24.2 Å². The number of carbonyl (C=O) groups excluding carboxylic acids is 2. The highest BCUT2D eigenvalue weighted by molar-refractivity contribution is 5.92. The molecule has 0 saturated carbocycles. The third kappa shape index (κ3) is 5.96. The molecule has 1 fully saturated rings. The molecule has 4 heterocycles. The molecule has 1 aromatic carbocycles. The molecule has 2 amide bonds. The van der Waals surface area contributed by atoms with Gasteiger partial charge < -0.3 is 19.0 Å². The van der Waals surface area contributed by atoms with E-state index in [2.05, 4.69) is 31.1 Å². The summed E-state index contributed by atoms with van der Waals surface area (Å²) < 4.78 is 14.0. The molecule has 2 aliphatic heterocycles. The Labute approximate surface area is 237 Å². The van der Waals surface area contributed by atoms with Gasteiger partial charge in [-0.3, -0.25) is 14.3 Å². The lowest BCUT2D eigenvalue weighted by Gasteiger charge is -2.44. The highest BCUT2D eigenvalue weighted by Crippen LogP contribution is 2.40. The number of aromatic nitrogens is 2. The maximum atomic E-state index is 14.1. The normalized spacial score (nSPS) is 18.3. The zero-order valence-corrected chi connectivity index (χ0v) is 24.3. The van der Waals surface area contributed by atoms with Crippen LogP contribution >= 0.6 is 0 Å². The van der Waals surface area contributed by atoms with Crippen molar-refractivity contribution in [2.24, 2.45) is 5.41 Å². The van der Waals surface area contributed by atoms with Crippen LogP contribution in [0, 0.1) is 19.3 Å². The first-order valence-electron chi connectivity index (χ1n) is 14.7. The fourth-order valence-corrected chi connectivity index (χ4v) is 6.21. The van der Waals surface area contributed by atoms with E-state index in [0.717, 1.165) is 42.8 Å². The minimum absolute atomic E-state index is 0.0783. The van der Waals surface area contributed by atoms with Crippen LogP contribution in [0.1, 0.15) is 79.2 Å². The number of aryl methyl sites for hydroxylation is 3. The fourth-order valence-electron chi connectivity index (χ4n) is 6.21. The van der Waals surface area contributed by atoms with Crippen LogP contribution in [0.5, 0.6) is 5.75 Å². The van der Waals surface area contributed by atoms with Crippen molar-refractivity contribution in [3.05, 3.63) is 70.9 Å². The van der Waals surface area contributed by atoms with Gasteiger partial charge in [-0.25, -0.2) is 0 Å². The van der Waals surface area contributed by atoms with E-state index >= 15 is 0 Å². The van der Waals surface area contributed by atoms with Crippen LogP contribution in [-0.4, -0.2) is 63.7 Å². The summed E-state index contributed by atoms with van der Waals surface area (Å²) in [5.41, 5.74) is 2.78. The van der Waals surface area contributed by atoms with Crippen molar-refractivity contribution in [2.45, 2.75) is 78.8 Å². The number of carbonyl (C=O) groups is 2. The van der Waals surface area contributed by atoms with E-state index in [1.807, 2.05) is 52.6 Å². The van der Waals surface area contributed by atoms with E-state index in [1.165, 1.54) is 5.56 Å². The smallest absolute Gasteiger partial charge is 0.289 e. The molecule has 3 aromatic rings. The average molecular weight is 547 g/mol. The lowest BCUT2D eigenvalue weighted by molar-refractivity contribution is -0.148. The Hall–Kier alpha value is -3.55. The van der Waals surface area contributed by atoms with E-state index in [-0.39, 0.29) is 17.9 Å². The number of fused-ring (bicyclic) bond motifs is 1. The van der Waals surface area contributed by atoms with Crippen LogP contribution in [0.25, 0.3) is 0 Å². The Bertz CT molecular complexity index is 1330. The van der Waals surface area contributed by atoms with Gasteiger partial charge in [-0.05, 0) is 89.6 Å². The standard InChI is InChI=1S/C32H42N4O4/c1-23(2)35-19-20-39-28-11-6-5-9-26(28)10-7-8-14-32(31(35)38)15-17-34(18-16-32)30(37)29-13-12-27(40-29)22-36-25(4)21-24(3)33-36/h5-6,9,11-13,21,23H,7-8,10,14-20,22H2,1-4H3. The summed E-state index contributed by atoms with van der Waals surface area (Å²) in [6, 6.07) is 13.9. The number of hydrogen-bond acceptors (Lipinski definition) is 5. The van der Waals surface area contributed by atoms with Crippen LogP contribution in [0.2, 0.25) is 0 Å². The summed E-state index contributed by atoms with van der Waals surface area (Å²) in [6.45, 7) is 10.7. The van der Waals surface area contributed by atoms with Crippen molar-refractivity contribution in [2.75, 3.05) is 26.2 Å². The summed E-state index contributed by atoms with van der Waals surface area (Å²) in [5, 5.41) is 4.49. The van der Waals surface area contributed by atoms with Crippen molar-refractivity contribution in [1.29, 1.82) is 0 Å². The molecule has 0 N–H and O–H groups in total. The minimum atomic E-state index is -0.455. The summed E-state index contributed by atoms with van der Waals surface area (Å²) in [6.07, 6.45) is 5.08. The lowest BCUT2D eigenvalue weighted by atomic mass is 9.72.